The van der Waals surface area contributed by atoms with Gasteiger partial charge in [-0.1, -0.05) is 44.9 Å². The van der Waals surface area contributed by atoms with Gasteiger partial charge in [0.15, 0.2) is 0 Å². The Hall–Kier alpha value is -1.51. The SMILES string of the molecule is CCCCc1cc(CCCC)cc(CCCOC(N)=O)c1. The van der Waals surface area contributed by atoms with Crippen LogP contribution in [0.5, 0.6) is 0 Å². The molecular formula is C18H29NO2. The first-order valence-electron chi connectivity index (χ1n) is 8.19. The van der Waals surface area contributed by atoms with E-state index in [1.54, 1.807) is 0 Å². The van der Waals surface area contributed by atoms with Crippen LogP contribution in [0.4, 0.5) is 4.79 Å². The number of unbranched alkanes of at least 4 members (excludes halogenated alkanes) is 2. The summed E-state index contributed by atoms with van der Waals surface area (Å²) in [6, 6.07) is 6.96. The fraction of sp³-hybridized carbons (Fsp3) is 0.611. The maximum absolute atomic E-state index is 10.6. The first-order valence-corrected chi connectivity index (χ1v) is 8.19. The number of ether oxygens (including phenoxy) is 1. The van der Waals surface area contributed by atoms with Crippen LogP contribution in [0.25, 0.3) is 0 Å². The summed E-state index contributed by atoms with van der Waals surface area (Å²) >= 11 is 0. The van der Waals surface area contributed by atoms with Crippen molar-refractivity contribution in [2.45, 2.75) is 65.2 Å². The largest absolute Gasteiger partial charge is 0.450 e. The predicted octanol–water partition coefficient (Wildman–Crippen LogP) is 4.40. The summed E-state index contributed by atoms with van der Waals surface area (Å²) in [6.45, 7) is 4.85. The van der Waals surface area contributed by atoms with Crippen LogP contribution in [0, 0.1) is 0 Å². The molecule has 0 heterocycles. The Balaban J connectivity index is 2.63. The van der Waals surface area contributed by atoms with Crippen molar-refractivity contribution in [2.24, 2.45) is 5.73 Å². The first kappa shape index (κ1) is 17.5. The molecule has 0 atom stereocenters. The number of hydrogen-bond donors (Lipinski definition) is 1. The van der Waals surface area contributed by atoms with Crippen LogP contribution < -0.4 is 5.73 Å². The summed E-state index contributed by atoms with van der Waals surface area (Å²) in [5.41, 5.74) is 9.20. The smallest absolute Gasteiger partial charge is 0.404 e. The van der Waals surface area contributed by atoms with Crippen LogP contribution in [-0.2, 0) is 24.0 Å². The average Bonchev–Trinajstić information content (AvgIpc) is 2.47. The second-order valence-corrected chi connectivity index (χ2v) is 5.64. The normalized spacial score (nSPS) is 10.6. The maximum atomic E-state index is 10.6. The maximum Gasteiger partial charge on any atom is 0.404 e. The molecular weight excluding hydrogens is 262 g/mol. The second-order valence-electron chi connectivity index (χ2n) is 5.64. The fourth-order valence-corrected chi connectivity index (χ4v) is 2.48. The van der Waals surface area contributed by atoms with Crippen molar-refractivity contribution in [1.29, 1.82) is 0 Å². The highest BCUT2D eigenvalue weighted by atomic mass is 16.5. The molecule has 0 fully saturated rings. The van der Waals surface area contributed by atoms with Gasteiger partial charge in [-0.2, -0.15) is 0 Å². The number of hydrogen-bond acceptors (Lipinski definition) is 2. The van der Waals surface area contributed by atoms with Crippen LogP contribution in [0.2, 0.25) is 0 Å². The zero-order valence-corrected chi connectivity index (χ0v) is 13.5. The highest BCUT2D eigenvalue weighted by molar-refractivity contribution is 5.64. The van der Waals surface area contributed by atoms with Gasteiger partial charge in [0.1, 0.15) is 0 Å². The number of carbonyl (C=O) groups excluding carboxylic acids is 1. The van der Waals surface area contributed by atoms with E-state index in [1.807, 2.05) is 0 Å². The molecule has 0 aromatic heterocycles. The topological polar surface area (TPSA) is 52.3 Å². The van der Waals surface area contributed by atoms with E-state index in [0.29, 0.717) is 6.61 Å². The summed E-state index contributed by atoms with van der Waals surface area (Å²) in [6.07, 6.45) is 8.31. The minimum Gasteiger partial charge on any atom is -0.450 e. The van der Waals surface area contributed by atoms with Crippen molar-refractivity contribution in [3.05, 3.63) is 34.9 Å². The molecule has 118 valence electrons. The van der Waals surface area contributed by atoms with Gasteiger partial charge >= 0.3 is 6.09 Å². The van der Waals surface area contributed by atoms with Gasteiger partial charge in [0.25, 0.3) is 0 Å². The highest BCUT2D eigenvalue weighted by Crippen LogP contribution is 2.16. The zero-order valence-electron chi connectivity index (χ0n) is 13.5. The van der Waals surface area contributed by atoms with Crippen molar-refractivity contribution in [3.8, 4) is 0 Å². The standard InChI is InChI=1S/C18H29NO2/c1-3-5-8-15-12-16(9-6-4-2)14-17(13-15)10-7-11-21-18(19)20/h12-14H,3-11H2,1-2H3,(H2,19,20). The molecule has 0 bridgehead atoms. The number of carbonyl (C=O) groups is 1. The van der Waals surface area contributed by atoms with E-state index < -0.39 is 6.09 Å². The third kappa shape index (κ3) is 7.74. The van der Waals surface area contributed by atoms with E-state index in [0.717, 1.165) is 25.7 Å². The van der Waals surface area contributed by atoms with Gasteiger partial charge in [-0.3, -0.25) is 0 Å². The molecule has 1 aromatic rings. The van der Waals surface area contributed by atoms with Crippen LogP contribution >= 0.6 is 0 Å². The van der Waals surface area contributed by atoms with Gasteiger partial charge in [0.2, 0.25) is 0 Å². The Kier molecular flexibility index (Phi) is 8.56. The van der Waals surface area contributed by atoms with Crippen molar-refractivity contribution in [2.75, 3.05) is 6.61 Å². The monoisotopic (exact) mass is 291 g/mol. The Labute approximate surface area is 128 Å². The Morgan fingerprint density at radius 3 is 1.71 bits per heavy atom. The molecule has 0 unspecified atom stereocenters. The molecule has 3 nitrogen and oxygen atoms in total. The van der Waals surface area contributed by atoms with Gasteiger partial charge < -0.3 is 10.5 Å². The molecule has 0 saturated heterocycles. The molecule has 0 radical (unpaired) electrons. The third-order valence-corrected chi connectivity index (χ3v) is 3.60. The number of benzene rings is 1. The minimum atomic E-state index is -0.685. The molecule has 1 aromatic carbocycles. The summed E-state index contributed by atoms with van der Waals surface area (Å²) < 4.78 is 4.79. The Morgan fingerprint density at radius 1 is 0.905 bits per heavy atom. The molecule has 0 aliphatic carbocycles. The highest BCUT2D eigenvalue weighted by Gasteiger charge is 2.03. The van der Waals surface area contributed by atoms with Crippen LogP contribution in [0.1, 0.15) is 62.6 Å². The van der Waals surface area contributed by atoms with Crippen molar-refractivity contribution >= 4 is 6.09 Å². The van der Waals surface area contributed by atoms with Gasteiger partial charge in [0, 0.05) is 0 Å². The molecule has 2 N–H and O–H groups in total. The first-order chi connectivity index (χ1) is 10.2. The Morgan fingerprint density at radius 2 is 1.33 bits per heavy atom. The molecule has 21 heavy (non-hydrogen) atoms. The lowest BCUT2D eigenvalue weighted by atomic mass is 9.97. The minimum absolute atomic E-state index is 0.402. The predicted molar refractivity (Wildman–Crippen MR) is 87.5 cm³/mol. The lowest BCUT2D eigenvalue weighted by molar-refractivity contribution is 0.155. The van der Waals surface area contributed by atoms with Gasteiger partial charge in [-0.25, -0.2) is 4.79 Å². The number of aryl methyl sites for hydroxylation is 3. The molecule has 0 aliphatic rings. The molecule has 0 aliphatic heterocycles. The van der Waals surface area contributed by atoms with Crippen LogP contribution in [0.3, 0.4) is 0 Å². The van der Waals surface area contributed by atoms with E-state index in [4.69, 9.17) is 10.5 Å². The molecule has 1 rings (SSSR count). The quantitative estimate of drug-likeness (QED) is 0.650. The lowest BCUT2D eigenvalue weighted by Gasteiger charge is -2.10. The zero-order chi connectivity index (χ0) is 15.5. The van der Waals surface area contributed by atoms with Gasteiger partial charge in [-0.05, 0) is 55.2 Å². The number of amides is 1. The van der Waals surface area contributed by atoms with E-state index >= 15 is 0 Å². The van der Waals surface area contributed by atoms with Gasteiger partial charge in [0.05, 0.1) is 6.61 Å². The number of nitrogens with two attached hydrogens (primary N) is 1. The lowest BCUT2D eigenvalue weighted by Crippen LogP contribution is -2.14. The van der Waals surface area contributed by atoms with E-state index in [1.165, 1.54) is 42.4 Å². The second kappa shape index (κ2) is 10.3. The van der Waals surface area contributed by atoms with Crippen molar-refractivity contribution < 1.29 is 9.53 Å². The van der Waals surface area contributed by atoms with E-state index in [-0.39, 0.29) is 0 Å². The third-order valence-electron chi connectivity index (χ3n) is 3.60. The average molecular weight is 291 g/mol. The van der Waals surface area contributed by atoms with E-state index in [2.05, 4.69) is 32.0 Å². The summed E-state index contributed by atoms with van der Waals surface area (Å²) in [5.74, 6) is 0. The number of rotatable bonds is 10. The van der Waals surface area contributed by atoms with Gasteiger partial charge in [-0.15, -0.1) is 0 Å². The Bertz CT molecular complexity index is 403. The molecule has 1 amide bonds. The van der Waals surface area contributed by atoms with Crippen molar-refractivity contribution in [1.82, 2.24) is 0 Å². The van der Waals surface area contributed by atoms with Crippen molar-refractivity contribution in [3.63, 3.8) is 0 Å². The van der Waals surface area contributed by atoms with Crippen LogP contribution in [0.15, 0.2) is 18.2 Å². The summed E-state index contributed by atoms with van der Waals surface area (Å²) in [4.78, 5) is 10.6. The molecule has 0 saturated carbocycles. The van der Waals surface area contributed by atoms with E-state index in [9.17, 15) is 4.79 Å². The summed E-state index contributed by atoms with van der Waals surface area (Å²) in [7, 11) is 0. The summed E-state index contributed by atoms with van der Waals surface area (Å²) in [5, 5.41) is 0. The number of primary amides is 1. The van der Waals surface area contributed by atoms with Crippen LogP contribution in [-0.4, -0.2) is 12.7 Å². The fourth-order valence-electron chi connectivity index (χ4n) is 2.48. The molecule has 3 heteroatoms. The molecule has 0 spiro atoms.